The van der Waals surface area contributed by atoms with Crippen LogP contribution in [0, 0.1) is 5.92 Å². The van der Waals surface area contributed by atoms with E-state index in [0.29, 0.717) is 17.4 Å². The fraction of sp³-hybridized carbons (Fsp3) is 0.500. The average molecular weight is 246 g/mol. The Morgan fingerprint density at radius 3 is 3.11 bits per heavy atom. The van der Waals surface area contributed by atoms with Gasteiger partial charge in [-0.15, -0.1) is 0 Å². The van der Waals surface area contributed by atoms with Crippen molar-refractivity contribution >= 4 is 11.7 Å². The summed E-state index contributed by atoms with van der Waals surface area (Å²) in [5.74, 6) is 0.926. The summed E-state index contributed by atoms with van der Waals surface area (Å²) in [6, 6.07) is 5.92. The van der Waals surface area contributed by atoms with E-state index in [1.54, 1.807) is 0 Å². The van der Waals surface area contributed by atoms with E-state index in [-0.39, 0.29) is 5.97 Å². The van der Waals surface area contributed by atoms with E-state index < -0.39 is 0 Å². The van der Waals surface area contributed by atoms with Gasteiger partial charge in [-0.2, -0.15) is 0 Å². The molecule has 2 N–H and O–H groups in total. The van der Waals surface area contributed by atoms with Gasteiger partial charge < -0.3 is 15.4 Å². The second-order valence-corrected chi connectivity index (χ2v) is 5.00. The molecule has 4 heteroatoms. The molecule has 4 nitrogen and oxygen atoms in total. The quantitative estimate of drug-likeness (QED) is 0.739. The highest BCUT2D eigenvalue weighted by Crippen LogP contribution is 2.38. The zero-order chi connectivity index (χ0) is 12.5. The van der Waals surface area contributed by atoms with Crippen molar-refractivity contribution in [2.24, 2.45) is 5.92 Å². The molecule has 2 unspecified atom stereocenters. The first-order valence-electron chi connectivity index (χ1n) is 6.47. The van der Waals surface area contributed by atoms with E-state index in [9.17, 15) is 4.79 Å². The maximum atomic E-state index is 11.8. The molecule has 18 heavy (non-hydrogen) atoms. The van der Waals surface area contributed by atoms with Crippen molar-refractivity contribution in [2.45, 2.75) is 12.3 Å². The summed E-state index contributed by atoms with van der Waals surface area (Å²) in [5, 5.41) is 6.86. The highest BCUT2D eigenvalue weighted by atomic mass is 16.5. The molecule has 0 saturated carbocycles. The van der Waals surface area contributed by atoms with Gasteiger partial charge in [0.15, 0.2) is 0 Å². The highest BCUT2D eigenvalue weighted by Gasteiger charge is 2.33. The zero-order valence-electron chi connectivity index (χ0n) is 10.5. The number of carbonyl (C=O) groups excluding carboxylic acids is 1. The molecule has 0 bridgehead atoms. The molecule has 2 aliphatic heterocycles. The Kier molecular flexibility index (Phi) is 2.96. The van der Waals surface area contributed by atoms with E-state index in [4.69, 9.17) is 4.74 Å². The van der Waals surface area contributed by atoms with Crippen LogP contribution in [-0.4, -0.2) is 32.7 Å². The highest BCUT2D eigenvalue weighted by molar-refractivity contribution is 5.96. The van der Waals surface area contributed by atoms with Gasteiger partial charge in [0.2, 0.25) is 0 Å². The summed E-state index contributed by atoms with van der Waals surface area (Å²) >= 11 is 0. The number of methoxy groups -OCH3 is 1. The molecular weight excluding hydrogens is 228 g/mol. The topological polar surface area (TPSA) is 50.4 Å². The molecule has 2 aliphatic rings. The predicted octanol–water partition coefficient (Wildman–Crippen LogP) is 1.59. The van der Waals surface area contributed by atoms with Gasteiger partial charge >= 0.3 is 5.97 Å². The number of ether oxygens (including phenoxy) is 1. The summed E-state index contributed by atoms with van der Waals surface area (Å²) in [5.41, 5.74) is 2.88. The molecule has 96 valence electrons. The fourth-order valence-electron chi connectivity index (χ4n) is 3.14. The first-order chi connectivity index (χ1) is 8.81. The van der Waals surface area contributed by atoms with Crippen molar-refractivity contribution in [3.8, 4) is 0 Å². The fourth-order valence-corrected chi connectivity index (χ4v) is 3.14. The molecule has 1 saturated heterocycles. The molecule has 0 aromatic heterocycles. The van der Waals surface area contributed by atoms with Gasteiger partial charge in [-0.1, -0.05) is 12.1 Å². The van der Waals surface area contributed by atoms with Gasteiger partial charge in [0.1, 0.15) is 0 Å². The second-order valence-electron chi connectivity index (χ2n) is 5.00. The number of carbonyl (C=O) groups is 1. The van der Waals surface area contributed by atoms with Gasteiger partial charge in [-0.25, -0.2) is 4.79 Å². The minimum atomic E-state index is -0.260. The van der Waals surface area contributed by atoms with Crippen LogP contribution < -0.4 is 10.6 Å². The maximum Gasteiger partial charge on any atom is 0.339 e. The Labute approximate surface area is 107 Å². The van der Waals surface area contributed by atoms with Crippen LogP contribution in [0.15, 0.2) is 18.2 Å². The Morgan fingerprint density at radius 2 is 2.28 bits per heavy atom. The van der Waals surface area contributed by atoms with Gasteiger partial charge in [0, 0.05) is 19.0 Å². The van der Waals surface area contributed by atoms with E-state index in [0.717, 1.165) is 31.7 Å². The lowest BCUT2D eigenvalue weighted by molar-refractivity contribution is 0.0601. The molecule has 2 atom stereocenters. The maximum absolute atomic E-state index is 11.8. The lowest BCUT2D eigenvalue weighted by atomic mass is 9.86. The summed E-state index contributed by atoms with van der Waals surface area (Å²) in [7, 11) is 1.43. The monoisotopic (exact) mass is 246 g/mol. The number of hydrogen-bond acceptors (Lipinski definition) is 4. The summed E-state index contributed by atoms with van der Waals surface area (Å²) < 4.78 is 4.86. The van der Waals surface area contributed by atoms with Crippen LogP contribution in [0.1, 0.15) is 28.3 Å². The van der Waals surface area contributed by atoms with Crippen LogP contribution in [0.25, 0.3) is 0 Å². The number of rotatable bonds is 1. The lowest BCUT2D eigenvalue weighted by Gasteiger charge is -2.18. The minimum absolute atomic E-state index is 0.260. The number of nitrogens with one attached hydrogen (secondary N) is 2. The van der Waals surface area contributed by atoms with Crippen LogP contribution in [0.3, 0.4) is 0 Å². The first kappa shape index (κ1) is 11.5. The predicted molar refractivity (Wildman–Crippen MR) is 70.0 cm³/mol. The van der Waals surface area contributed by atoms with Crippen LogP contribution in [0.5, 0.6) is 0 Å². The molecule has 0 aliphatic carbocycles. The number of hydrogen-bond donors (Lipinski definition) is 2. The third-order valence-corrected chi connectivity index (χ3v) is 4.06. The zero-order valence-corrected chi connectivity index (χ0v) is 10.5. The molecule has 1 aromatic carbocycles. The average Bonchev–Trinajstić information content (AvgIpc) is 2.79. The lowest BCUT2D eigenvalue weighted by Crippen LogP contribution is -2.13. The van der Waals surface area contributed by atoms with Crippen LogP contribution in [-0.2, 0) is 4.74 Å². The van der Waals surface area contributed by atoms with E-state index in [1.807, 2.05) is 12.1 Å². The Bertz CT molecular complexity index is 473. The number of anilines is 1. The van der Waals surface area contributed by atoms with Gasteiger partial charge in [-0.3, -0.25) is 0 Å². The molecular formula is C14H18N2O2. The largest absolute Gasteiger partial charge is 0.465 e. The second kappa shape index (κ2) is 4.61. The van der Waals surface area contributed by atoms with E-state index in [1.165, 1.54) is 12.7 Å². The number of benzene rings is 1. The summed E-state index contributed by atoms with van der Waals surface area (Å²) in [4.78, 5) is 11.8. The normalized spacial score (nSPS) is 25.6. The minimum Gasteiger partial charge on any atom is -0.465 e. The SMILES string of the molecule is COC(=O)c1cccc2c1NCCC1CNCC21. The summed E-state index contributed by atoms with van der Waals surface area (Å²) in [6.45, 7) is 3.00. The van der Waals surface area contributed by atoms with Crippen LogP contribution in [0.4, 0.5) is 5.69 Å². The van der Waals surface area contributed by atoms with Gasteiger partial charge in [0.05, 0.1) is 18.4 Å². The Balaban J connectivity index is 2.07. The van der Waals surface area contributed by atoms with Crippen molar-refractivity contribution < 1.29 is 9.53 Å². The summed E-state index contributed by atoms with van der Waals surface area (Å²) in [6.07, 6.45) is 1.15. The molecule has 2 heterocycles. The molecule has 0 spiro atoms. The third kappa shape index (κ3) is 1.77. The molecule has 1 aromatic rings. The van der Waals surface area contributed by atoms with Crippen molar-refractivity contribution in [1.29, 1.82) is 0 Å². The van der Waals surface area contributed by atoms with E-state index >= 15 is 0 Å². The number of esters is 1. The van der Waals surface area contributed by atoms with Crippen molar-refractivity contribution in [1.82, 2.24) is 5.32 Å². The molecule has 1 fully saturated rings. The van der Waals surface area contributed by atoms with Crippen molar-refractivity contribution in [3.05, 3.63) is 29.3 Å². The standard InChI is InChI=1S/C14H18N2O2/c1-18-14(17)11-4-2-3-10-12-8-15-7-9(12)5-6-16-13(10)11/h2-4,9,12,15-16H,5-8H2,1H3. The molecule has 3 rings (SSSR count). The van der Waals surface area contributed by atoms with E-state index in [2.05, 4.69) is 16.7 Å². The van der Waals surface area contributed by atoms with Crippen molar-refractivity contribution in [3.63, 3.8) is 0 Å². The number of para-hydroxylation sites is 1. The third-order valence-electron chi connectivity index (χ3n) is 4.06. The van der Waals surface area contributed by atoms with Gasteiger partial charge in [0.25, 0.3) is 0 Å². The Morgan fingerprint density at radius 1 is 1.39 bits per heavy atom. The Hall–Kier alpha value is -1.55. The first-order valence-corrected chi connectivity index (χ1v) is 6.47. The molecule has 0 radical (unpaired) electrons. The van der Waals surface area contributed by atoms with Crippen LogP contribution in [0.2, 0.25) is 0 Å². The number of fused-ring (bicyclic) bond motifs is 3. The molecule has 0 amide bonds. The van der Waals surface area contributed by atoms with Crippen LogP contribution >= 0.6 is 0 Å². The van der Waals surface area contributed by atoms with Crippen molar-refractivity contribution in [2.75, 3.05) is 32.1 Å². The smallest absolute Gasteiger partial charge is 0.339 e. The van der Waals surface area contributed by atoms with Gasteiger partial charge in [-0.05, 0) is 30.5 Å².